The Balaban J connectivity index is 1.02. The smallest absolute Gasteiger partial charge is 0.140 e. The lowest BCUT2D eigenvalue weighted by molar-refractivity contribution is 0.447. The number of benzene rings is 11. The Morgan fingerprint density at radius 2 is 0.918 bits per heavy atom. The molecule has 2 heterocycles. The molecule has 0 bridgehead atoms. The third kappa shape index (κ3) is 5.38. The van der Waals surface area contributed by atoms with Crippen molar-refractivity contribution in [3.05, 3.63) is 299 Å². The molecule has 0 saturated heterocycles. The van der Waals surface area contributed by atoms with Gasteiger partial charge in [-0.2, -0.15) is 0 Å². The second-order valence-electron chi connectivity index (χ2n) is 20.1. The first-order chi connectivity index (χ1) is 36.2. The van der Waals surface area contributed by atoms with Crippen LogP contribution in [-0.2, 0) is 10.8 Å². The van der Waals surface area contributed by atoms with E-state index in [4.69, 9.17) is 9.15 Å². The first-order valence-electron chi connectivity index (χ1n) is 25.6. The number of furan rings is 1. The zero-order chi connectivity index (χ0) is 47.8. The average Bonchev–Trinajstić information content (AvgIpc) is 4.16. The summed E-state index contributed by atoms with van der Waals surface area (Å²) in [5.74, 6) is 1.85. The second kappa shape index (κ2) is 15.2. The summed E-state index contributed by atoms with van der Waals surface area (Å²) in [7, 11) is 0. The molecule has 1 aromatic heterocycles. The molecular formula is C70H45NO2. The van der Waals surface area contributed by atoms with Crippen molar-refractivity contribution in [3.63, 3.8) is 0 Å². The summed E-state index contributed by atoms with van der Waals surface area (Å²) in [6.07, 6.45) is 6.98. The molecule has 0 amide bonds. The normalized spacial score (nSPS) is 15.2. The summed E-state index contributed by atoms with van der Waals surface area (Å²) in [5.41, 5.74) is 18.7. The van der Waals surface area contributed by atoms with Crippen LogP contribution in [0.2, 0.25) is 0 Å². The SMILES string of the molecule is C1=C2C(=CCC1)C1(c3cc(N(c4ccc5c(c4)C(c4ccccc4)(c4ccccc4)c4ccccc4-5)c4cccc5oc6ccccc6c45)ccc32)c2ccc3ccccc3c2Oc2c1ccc1ccccc21. The van der Waals surface area contributed by atoms with E-state index in [-0.39, 0.29) is 0 Å². The molecule has 3 heteroatoms. The highest BCUT2D eigenvalue weighted by molar-refractivity contribution is 6.14. The third-order valence-corrected chi connectivity index (χ3v) is 16.6. The maximum Gasteiger partial charge on any atom is 0.140 e. The number of rotatable bonds is 5. The number of nitrogens with zero attached hydrogens (tertiary/aromatic N) is 1. The maximum atomic E-state index is 7.38. The summed E-state index contributed by atoms with van der Waals surface area (Å²) < 4.78 is 14.1. The van der Waals surface area contributed by atoms with Gasteiger partial charge in [-0.25, -0.2) is 0 Å². The lowest BCUT2D eigenvalue weighted by atomic mass is 9.64. The molecule has 4 aliphatic rings. The minimum absolute atomic E-state index is 0.581. The van der Waals surface area contributed by atoms with Crippen LogP contribution in [0.4, 0.5) is 17.1 Å². The summed E-state index contributed by atoms with van der Waals surface area (Å²) in [6.45, 7) is 0. The highest BCUT2D eigenvalue weighted by atomic mass is 16.5. The number of ether oxygens (including phenoxy) is 1. The van der Waals surface area contributed by atoms with E-state index in [2.05, 4.69) is 254 Å². The predicted molar refractivity (Wildman–Crippen MR) is 299 cm³/mol. The molecule has 0 saturated carbocycles. The van der Waals surface area contributed by atoms with Gasteiger partial charge in [0.15, 0.2) is 0 Å². The molecule has 1 spiro atoms. The van der Waals surface area contributed by atoms with Crippen LogP contribution in [0.1, 0.15) is 57.3 Å². The van der Waals surface area contributed by atoms with Crippen LogP contribution in [0.5, 0.6) is 11.5 Å². The molecule has 0 fully saturated rings. The summed E-state index contributed by atoms with van der Waals surface area (Å²) in [6, 6.07) is 87.4. The first kappa shape index (κ1) is 40.5. The molecule has 0 atom stereocenters. The van der Waals surface area contributed by atoms with E-state index < -0.39 is 10.8 Å². The van der Waals surface area contributed by atoms with Crippen molar-refractivity contribution in [1.82, 2.24) is 0 Å². The average molecular weight is 932 g/mol. The van der Waals surface area contributed by atoms with Gasteiger partial charge in [0.05, 0.1) is 21.9 Å². The Labute approximate surface area is 423 Å². The predicted octanol–water partition coefficient (Wildman–Crippen LogP) is 18.3. The molecule has 342 valence electrons. The van der Waals surface area contributed by atoms with Crippen LogP contribution in [0, 0.1) is 0 Å². The Morgan fingerprint density at radius 1 is 0.370 bits per heavy atom. The minimum atomic E-state index is -0.677. The highest BCUT2D eigenvalue weighted by Gasteiger charge is 2.54. The standard InChI is InChI=1S/C70H45NO2/c1-3-20-46(21-4-1)69(47-22-5-2-6-23-47)57-29-14-11-26-52(57)54-38-36-48(42-61(54)69)71(63-31-17-33-65-66(63)56-28-13-16-32-64(56)72-65)49-37-39-55-53-27-12-15-30-58(53)70(62(55)43-49)59-40-34-44-18-7-9-24-50(44)67(59)73-68-51-25-10-8-19-45(51)35-41-60(68)70/h1-11,13-14,16-43H,12,15H2. The Bertz CT molecular complexity index is 4240. The Morgan fingerprint density at radius 3 is 1.62 bits per heavy atom. The van der Waals surface area contributed by atoms with Crippen LogP contribution in [0.3, 0.4) is 0 Å². The summed E-state index contributed by atoms with van der Waals surface area (Å²) in [4.78, 5) is 2.51. The van der Waals surface area contributed by atoms with Crippen LogP contribution in [0.15, 0.2) is 259 Å². The van der Waals surface area contributed by atoms with Crippen LogP contribution >= 0.6 is 0 Å². The molecule has 16 rings (SSSR count). The van der Waals surface area contributed by atoms with E-state index in [1.807, 2.05) is 0 Å². The van der Waals surface area contributed by atoms with Gasteiger partial charge in [0.2, 0.25) is 0 Å². The van der Waals surface area contributed by atoms with Crippen LogP contribution < -0.4 is 9.64 Å². The zero-order valence-electron chi connectivity index (χ0n) is 39.8. The lowest BCUT2D eigenvalue weighted by Crippen LogP contribution is -2.33. The van der Waals surface area contributed by atoms with Gasteiger partial charge in [0.1, 0.15) is 22.7 Å². The van der Waals surface area contributed by atoms with Crippen molar-refractivity contribution in [3.8, 4) is 22.6 Å². The van der Waals surface area contributed by atoms with Gasteiger partial charge >= 0.3 is 0 Å². The van der Waals surface area contributed by atoms with Crippen molar-refractivity contribution in [2.75, 3.05) is 4.90 Å². The van der Waals surface area contributed by atoms with E-state index in [1.54, 1.807) is 0 Å². The van der Waals surface area contributed by atoms with Gasteiger partial charge in [0, 0.05) is 38.7 Å². The fourth-order valence-electron chi connectivity index (χ4n) is 13.7. The van der Waals surface area contributed by atoms with Crippen LogP contribution in [0.25, 0.3) is 60.2 Å². The Kier molecular flexibility index (Phi) is 8.42. The number of hydrogen-bond donors (Lipinski definition) is 0. The van der Waals surface area contributed by atoms with Crippen molar-refractivity contribution in [2.24, 2.45) is 0 Å². The van der Waals surface area contributed by atoms with Gasteiger partial charge in [-0.15, -0.1) is 0 Å². The number of allylic oxidation sites excluding steroid dienone is 4. The topological polar surface area (TPSA) is 25.6 Å². The quantitative estimate of drug-likeness (QED) is 0.172. The third-order valence-electron chi connectivity index (χ3n) is 16.6. The van der Waals surface area contributed by atoms with Gasteiger partial charge in [-0.05, 0) is 122 Å². The summed E-state index contributed by atoms with van der Waals surface area (Å²) >= 11 is 0. The van der Waals surface area contributed by atoms with Crippen molar-refractivity contribution < 1.29 is 9.15 Å². The molecule has 12 aromatic rings. The Hall–Kier alpha value is -9.18. The largest absolute Gasteiger partial charge is 0.456 e. The van der Waals surface area contributed by atoms with E-state index in [0.717, 1.165) is 84.9 Å². The molecule has 3 nitrogen and oxygen atoms in total. The fourth-order valence-corrected chi connectivity index (χ4v) is 13.7. The van der Waals surface area contributed by atoms with Crippen molar-refractivity contribution in [1.29, 1.82) is 0 Å². The highest BCUT2D eigenvalue weighted by Crippen LogP contribution is 2.66. The first-order valence-corrected chi connectivity index (χ1v) is 25.6. The van der Waals surface area contributed by atoms with Gasteiger partial charge < -0.3 is 14.1 Å². The van der Waals surface area contributed by atoms with Gasteiger partial charge in [0.25, 0.3) is 0 Å². The van der Waals surface area contributed by atoms with E-state index in [9.17, 15) is 0 Å². The molecule has 0 radical (unpaired) electrons. The fraction of sp³-hybridized carbons (Fsp3) is 0.0571. The van der Waals surface area contributed by atoms with Gasteiger partial charge in [-0.3, -0.25) is 0 Å². The molecular weight excluding hydrogens is 887 g/mol. The van der Waals surface area contributed by atoms with Crippen LogP contribution in [-0.4, -0.2) is 0 Å². The lowest BCUT2D eigenvalue weighted by Gasteiger charge is -2.41. The molecule has 0 N–H and O–H groups in total. The van der Waals surface area contributed by atoms with Crippen molar-refractivity contribution in [2.45, 2.75) is 23.7 Å². The van der Waals surface area contributed by atoms with E-state index in [0.29, 0.717) is 0 Å². The minimum Gasteiger partial charge on any atom is -0.456 e. The molecule has 1 aliphatic heterocycles. The number of hydrogen-bond acceptors (Lipinski definition) is 3. The number of fused-ring (bicyclic) bond motifs is 19. The van der Waals surface area contributed by atoms with E-state index in [1.165, 1.54) is 66.8 Å². The second-order valence-corrected chi connectivity index (χ2v) is 20.1. The van der Waals surface area contributed by atoms with Gasteiger partial charge in [-0.1, -0.05) is 206 Å². The molecule has 73 heavy (non-hydrogen) atoms. The summed E-state index contributed by atoms with van der Waals surface area (Å²) in [5, 5.41) is 6.71. The number of anilines is 3. The van der Waals surface area contributed by atoms with E-state index >= 15 is 0 Å². The molecule has 0 unspecified atom stereocenters. The number of para-hydroxylation sites is 1. The maximum absolute atomic E-state index is 7.38. The zero-order valence-corrected chi connectivity index (χ0v) is 39.8. The molecule has 11 aromatic carbocycles. The monoisotopic (exact) mass is 931 g/mol. The molecule has 3 aliphatic carbocycles. The van der Waals surface area contributed by atoms with Crippen molar-refractivity contribution >= 4 is 66.1 Å².